The number of carbonyl (C=O) groups is 1. The van der Waals surface area contributed by atoms with Crippen LogP contribution in [-0.4, -0.2) is 13.2 Å². The van der Waals surface area contributed by atoms with E-state index in [1.165, 1.54) is 18.2 Å². The molecule has 2 atom stereocenters. The summed E-state index contributed by atoms with van der Waals surface area (Å²) >= 11 is 0. The van der Waals surface area contributed by atoms with Crippen molar-refractivity contribution in [2.75, 3.05) is 7.11 Å². The molecule has 1 saturated heterocycles. The summed E-state index contributed by atoms with van der Waals surface area (Å²) in [6.45, 7) is 0. The second-order valence-electron chi connectivity index (χ2n) is 7.14. The Balaban J connectivity index is 1.65. The molecule has 1 aliphatic heterocycles. The van der Waals surface area contributed by atoms with Gasteiger partial charge in [0.1, 0.15) is 5.75 Å². The standard InChI is InChI=1S/C25H18F3NO3/c1-31-20-10-5-9-19(15-20)23-22(29-24(30)32-23)18-8-4-6-16(14-18)12-13-17-7-2-3-11-21(17)25(26,27)28/h2-11,14-15,22-23H,1H3,(H,29,30). The molecule has 1 amide bonds. The van der Waals surface area contributed by atoms with Gasteiger partial charge in [0.25, 0.3) is 0 Å². The number of amides is 1. The first-order chi connectivity index (χ1) is 15.3. The van der Waals surface area contributed by atoms with Gasteiger partial charge in [0.05, 0.1) is 18.7 Å². The summed E-state index contributed by atoms with van der Waals surface area (Å²) in [5.74, 6) is 6.04. The van der Waals surface area contributed by atoms with Crippen LogP contribution in [0.4, 0.5) is 18.0 Å². The molecule has 0 aliphatic carbocycles. The third-order valence-corrected chi connectivity index (χ3v) is 5.05. The van der Waals surface area contributed by atoms with Crippen LogP contribution < -0.4 is 10.1 Å². The van der Waals surface area contributed by atoms with Crippen molar-refractivity contribution in [2.24, 2.45) is 0 Å². The highest BCUT2D eigenvalue weighted by Crippen LogP contribution is 2.38. The van der Waals surface area contributed by atoms with Gasteiger partial charge in [0, 0.05) is 11.1 Å². The molecule has 4 nitrogen and oxygen atoms in total. The summed E-state index contributed by atoms with van der Waals surface area (Å²) in [6.07, 6.45) is -5.63. The Morgan fingerprint density at radius 3 is 2.47 bits per heavy atom. The van der Waals surface area contributed by atoms with Gasteiger partial charge in [-0.3, -0.25) is 0 Å². The van der Waals surface area contributed by atoms with E-state index in [0.29, 0.717) is 11.3 Å². The van der Waals surface area contributed by atoms with Crippen molar-refractivity contribution in [3.63, 3.8) is 0 Å². The molecule has 0 spiro atoms. The van der Waals surface area contributed by atoms with Crippen LogP contribution in [-0.2, 0) is 10.9 Å². The van der Waals surface area contributed by atoms with E-state index in [2.05, 4.69) is 17.2 Å². The molecule has 1 fully saturated rings. The highest BCUT2D eigenvalue weighted by molar-refractivity contribution is 5.71. The monoisotopic (exact) mass is 437 g/mol. The van der Waals surface area contributed by atoms with E-state index in [-0.39, 0.29) is 5.56 Å². The highest BCUT2D eigenvalue weighted by atomic mass is 19.4. The summed E-state index contributed by atoms with van der Waals surface area (Å²) in [4.78, 5) is 12.0. The SMILES string of the molecule is COc1cccc(C2OC(=O)NC2c2cccc(C#Cc3ccccc3C(F)(F)F)c2)c1. The van der Waals surface area contributed by atoms with Crippen LogP contribution in [0.15, 0.2) is 72.8 Å². The quantitative estimate of drug-likeness (QED) is 0.540. The lowest BCUT2D eigenvalue weighted by Gasteiger charge is -2.18. The number of hydrogen-bond acceptors (Lipinski definition) is 3. The number of alkyl carbamates (subject to hydrolysis) is 1. The van der Waals surface area contributed by atoms with E-state index in [9.17, 15) is 18.0 Å². The molecule has 0 aromatic heterocycles. The minimum atomic E-state index is -4.48. The third-order valence-electron chi connectivity index (χ3n) is 5.05. The van der Waals surface area contributed by atoms with Crippen molar-refractivity contribution >= 4 is 6.09 Å². The van der Waals surface area contributed by atoms with E-state index in [4.69, 9.17) is 9.47 Å². The van der Waals surface area contributed by atoms with Crippen LogP contribution in [0.5, 0.6) is 5.75 Å². The molecule has 3 aromatic carbocycles. The van der Waals surface area contributed by atoms with Gasteiger partial charge in [-0.15, -0.1) is 0 Å². The van der Waals surface area contributed by atoms with Crippen molar-refractivity contribution in [3.05, 3.63) is 101 Å². The number of cyclic esters (lactones) is 1. The first-order valence-electron chi connectivity index (χ1n) is 9.74. The van der Waals surface area contributed by atoms with Gasteiger partial charge >= 0.3 is 12.3 Å². The number of carbonyl (C=O) groups excluding carboxylic acids is 1. The summed E-state index contributed by atoms with van der Waals surface area (Å²) in [6, 6.07) is 18.9. The van der Waals surface area contributed by atoms with Gasteiger partial charge in [0.2, 0.25) is 0 Å². The molecule has 1 aliphatic rings. The van der Waals surface area contributed by atoms with E-state index in [1.54, 1.807) is 43.5 Å². The first kappa shape index (κ1) is 21.3. The van der Waals surface area contributed by atoms with E-state index < -0.39 is 30.0 Å². The first-order valence-corrected chi connectivity index (χ1v) is 9.74. The molecule has 1 N–H and O–H groups in total. The minimum absolute atomic E-state index is 0.0998. The fourth-order valence-electron chi connectivity index (χ4n) is 3.55. The van der Waals surface area contributed by atoms with Crippen LogP contribution in [0.2, 0.25) is 0 Å². The summed E-state index contributed by atoms with van der Waals surface area (Å²) < 4.78 is 50.3. The molecule has 0 saturated carbocycles. The fourth-order valence-corrected chi connectivity index (χ4v) is 3.55. The van der Waals surface area contributed by atoms with Gasteiger partial charge in [-0.05, 0) is 47.5 Å². The molecule has 2 unspecified atom stereocenters. The summed E-state index contributed by atoms with van der Waals surface area (Å²) in [5, 5.41) is 2.79. The largest absolute Gasteiger partial charge is 0.497 e. The number of nitrogens with one attached hydrogen (secondary N) is 1. The Morgan fingerprint density at radius 2 is 1.69 bits per heavy atom. The molecule has 3 aromatic rings. The summed E-state index contributed by atoms with van der Waals surface area (Å²) in [5.41, 5.74) is 1.11. The van der Waals surface area contributed by atoms with Crippen LogP contribution in [0.25, 0.3) is 0 Å². The Kier molecular flexibility index (Phi) is 5.78. The van der Waals surface area contributed by atoms with Crippen molar-refractivity contribution in [1.29, 1.82) is 0 Å². The maximum Gasteiger partial charge on any atom is 0.417 e. The average molecular weight is 437 g/mol. The van der Waals surface area contributed by atoms with Crippen LogP contribution >= 0.6 is 0 Å². The fraction of sp³-hybridized carbons (Fsp3) is 0.160. The second kappa shape index (κ2) is 8.67. The molecular weight excluding hydrogens is 419 g/mol. The Labute approximate surface area is 183 Å². The van der Waals surface area contributed by atoms with Crippen LogP contribution in [0, 0.1) is 11.8 Å². The zero-order valence-electron chi connectivity index (χ0n) is 16.9. The topological polar surface area (TPSA) is 47.6 Å². The van der Waals surface area contributed by atoms with Gasteiger partial charge in [-0.1, -0.05) is 48.2 Å². The number of methoxy groups -OCH3 is 1. The van der Waals surface area contributed by atoms with Crippen molar-refractivity contribution < 1.29 is 27.4 Å². The Bertz CT molecular complexity index is 1210. The zero-order chi connectivity index (χ0) is 22.7. The molecule has 0 bridgehead atoms. The lowest BCUT2D eigenvalue weighted by atomic mass is 9.95. The predicted molar refractivity (Wildman–Crippen MR) is 112 cm³/mol. The number of ether oxygens (including phenoxy) is 2. The maximum atomic E-state index is 13.2. The van der Waals surface area contributed by atoms with Gasteiger partial charge in [0.15, 0.2) is 6.10 Å². The molecule has 1 heterocycles. The number of hydrogen-bond donors (Lipinski definition) is 1. The number of alkyl halides is 3. The Morgan fingerprint density at radius 1 is 0.938 bits per heavy atom. The third kappa shape index (κ3) is 4.54. The summed E-state index contributed by atoms with van der Waals surface area (Å²) in [7, 11) is 1.55. The lowest BCUT2D eigenvalue weighted by Crippen LogP contribution is -2.19. The minimum Gasteiger partial charge on any atom is -0.497 e. The van der Waals surface area contributed by atoms with Crippen molar-refractivity contribution in [3.8, 4) is 17.6 Å². The van der Waals surface area contributed by atoms with Crippen molar-refractivity contribution in [2.45, 2.75) is 18.3 Å². The van der Waals surface area contributed by atoms with E-state index in [0.717, 1.165) is 17.2 Å². The van der Waals surface area contributed by atoms with E-state index >= 15 is 0 Å². The predicted octanol–water partition coefficient (Wildman–Crippen LogP) is 5.64. The van der Waals surface area contributed by atoms with Gasteiger partial charge in [-0.2, -0.15) is 13.2 Å². The Hall–Kier alpha value is -3.92. The van der Waals surface area contributed by atoms with Gasteiger partial charge in [-0.25, -0.2) is 4.79 Å². The van der Waals surface area contributed by atoms with Crippen LogP contribution in [0.3, 0.4) is 0 Å². The average Bonchev–Trinajstić information content (AvgIpc) is 3.19. The van der Waals surface area contributed by atoms with E-state index in [1.807, 2.05) is 12.1 Å². The zero-order valence-corrected chi connectivity index (χ0v) is 16.9. The number of benzene rings is 3. The number of rotatable bonds is 3. The van der Waals surface area contributed by atoms with Gasteiger partial charge < -0.3 is 14.8 Å². The smallest absolute Gasteiger partial charge is 0.417 e. The highest BCUT2D eigenvalue weighted by Gasteiger charge is 2.36. The molecular formula is C25H18F3NO3. The van der Waals surface area contributed by atoms with Crippen molar-refractivity contribution in [1.82, 2.24) is 5.32 Å². The number of halogens is 3. The second-order valence-corrected chi connectivity index (χ2v) is 7.14. The van der Waals surface area contributed by atoms with Crippen LogP contribution in [0.1, 0.15) is 40.0 Å². The molecule has 162 valence electrons. The molecule has 7 heteroatoms. The molecule has 0 radical (unpaired) electrons. The molecule has 32 heavy (non-hydrogen) atoms. The molecule has 4 rings (SSSR count). The lowest BCUT2D eigenvalue weighted by molar-refractivity contribution is -0.137. The normalized spacial score (nSPS) is 17.7. The maximum absolute atomic E-state index is 13.2.